The van der Waals surface area contributed by atoms with Crippen LogP contribution < -0.4 is 4.18 Å². The smallest absolute Gasteiger partial charge is 0.339 e. The third-order valence-electron chi connectivity index (χ3n) is 7.69. The Bertz CT molecular complexity index is 1460. The molecule has 0 spiro atoms. The Morgan fingerprint density at radius 2 is 1.37 bits per heavy atom. The Hall–Kier alpha value is -2.90. The third-order valence-corrected chi connectivity index (χ3v) is 9.18. The third kappa shape index (κ3) is 4.71. The molecular formula is C30H32ClNO5S. The van der Waals surface area contributed by atoms with Crippen molar-refractivity contribution >= 4 is 33.3 Å². The second-order valence-electron chi connectivity index (χ2n) is 12.1. The van der Waals surface area contributed by atoms with E-state index in [1.165, 1.54) is 18.2 Å². The number of rotatable bonds is 4. The number of ketones is 2. The van der Waals surface area contributed by atoms with Crippen molar-refractivity contribution in [1.29, 1.82) is 0 Å². The predicted octanol–water partition coefficient (Wildman–Crippen LogP) is 6.42. The number of hydrogen-bond donors (Lipinski definition) is 0. The summed E-state index contributed by atoms with van der Waals surface area (Å²) in [5.41, 5.74) is 2.72. The molecule has 0 aromatic heterocycles. The Balaban J connectivity index is 1.74. The second kappa shape index (κ2) is 9.09. The van der Waals surface area contributed by atoms with Crippen LogP contribution in [0.4, 0.5) is 0 Å². The van der Waals surface area contributed by atoms with Crippen molar-refractivity contribution < 1.29 is 22.2 Å². The predicted molar refractivity (Wildman–Crippen MR) is 146 cm³/mol. The molecule has 1 aliphatic heterocycles. The van der Waals surface area contributed by atoms with Crippen LogP contribution in [0.1, 0.15) is 64.9 Å². The number of allylic oxidation sites excluding steroid dienone is 4. The van der Waals surface area contributed by atoms with Gasteiger partial charge in [-0.1, -0.05) is 57.5 Å². The second-order valence-corrected chi connectivity index (χ2v) is 14.1. The molecule has 0 amide bonds. The van der Waals surface area contributed by atoms with Gasteiger partial charge >= 0.3 is 10.1 Å². The van der Waals surface area contributed by atoms with Crippen LogP contribution >= 0.6 is 11.6 Å². The van der Waals surface area contributed by atoms with Crippen LogP contribution in [0.5, 0.6) is 5.75 Å². The van der Waals surface area contributed by atoms with Crippen LogP contribution in [-0.4, -0.2) is 31.9 Å². The highest BCUT2D eigenvalue weighted by Gasteiger charge is 2.49. The molecule has 0 saturated heterocycles. The summed E-state index contributed by atoms with van der Waals surface area (Å²) in [4.78, 5) is 29.6. The van der Waals surface area contributed by atoms with Gasteiger partial charge in [-0.25, -0.2) is 0 Å². The number of Topliss-reactive ketones (excluding diaryl/α,β-unsaturated/α-hetero) is 2. The molecular weight excluding hydrogens is 522 g/mol. The first-order chi connectivity index (χ1) is 17.7. The molecule has 2 aliphatic carbocycles. The van der Waals surface area contributed by atoms with E-state index < -0.39 is 16.0 Å². The first-order valence-corrected chi connectivity index (χ1v) is 14.5. The lowest BCUT2D eigenvalue weighted by Gasteiger charge is -2.48. The van der Waals surface area contributed by atoms with Crippen LogP contribution in [0.25, 0.3) is 0 Å². The Kier molecular flexibility index (Phi) is 6.39. The zero-order chi connectivity index (χ0) is 27.6. The van der Waals surface area contributed by atoms with Gasteiger partial charge in [-0.05, 0) is 54.0 Å². The van der Waals surface area contributed by atoms with Gasteiger partial charge in [-0.2, -0.15) is 8.42 Å². The zero-order valence-electron chi connectivity index (χ0n) is 22.3. The topological polar surface area (TPSA) is 80.8 Å². The van der Waals surface area contributed by atoms with Gasteiger partial charge in [0.25, 0.3) is 0 Å². The van der Waals surface area contributed by atoms with Crippen molar-refractivity contribution in [3.63, 3.8) is 0 Å². The van der Waals surface area contributed by atoms with Gasteiger partial charge in [0, 0.05) is 58.9 Å². The highest BCUT2D eigenvalue weighted by molar-refractivity contribution is 7.87. The van der Waals surface area contributed by atoms with Gasteiger partial charge in [-0.15, -0.1) is 0 Å². The SMILES string of the molecule is CN1C2=C(C(=O)CC(C)(C)C2)C(c2cc(Cl)ccc2OS(=O)(=O)c2ccccc2)C2=C1CC(C)(C)CC2=O. The van der Waals surface area contributed by atoms with Gasteiger partial charge in [0.15, 0.2) is 11.6 Å². The van der Waals surface area contributed by atoms with E-state index in [2.05, 4.69) is 27.7 Å². The fourth-order valence-corrected chi connectivity index (χ4v) is 7.21. The molecule has 0 N–H and O–H groups in total. The summed E-state index contributed by atoms with van der Waals surface area (Å²) in [6, 6.07) is 12.6. The number of halogens is 1. The number of nitrogens with zero attached hydrogens (tertiary/aromatic N) is 1. The molecule has 200 valence electrons. The van der Waals surface area contributed by atoms with Gasteiger partial charge in [-0.3, -0.25) is 9.59 Å². The van der Waals surface area contributed by atoms with E-state index in [9.17, 15) is 18.0 Å². The average molecular weight is 554 g/mol. The molecule has 0 atom stereocenters. The number of carbonyl (C=O) groups is 2. The lowest BCUT2D eigenvalue weighted by atomic mass is 9.63. The van der Waals surface area contributed by atoms with E-state index in [1.54, 1.807) is 30.3 Å². The summed E-state index contributed by atoms with van der Waals surface area (Å²) in [7, 11) is -2.25. The summed E-state index contributed by atoms with van der Waals surface area (Å²) >= 11 is 6.45. The summed E-state index contributed by atoms with van der Waals surface area (Å²) in [6.45, 7) is 8.27. The first-order valence-electron chi connectivity index (χ1n) is 12.7. The van der Waals surface area contributed by atoms with E-state index in [4.69, 9.17) is 15.8 Å². The summed E-state index contributed by atoms with van der Waals surface area (Å²) in [5, 5.41) is 0.361. The van der Waals surface area contributed by atoms with Crippen LogP contribution in [-0.2, 0) is 19.7 Å². The molecule has 3 aliphatic rings. The Morgan fingerprint density at radius 3 is 1.89 bits per heavy atom. The van der Waals surface area contributed by atoms with Crippen molar-refractivity contribution in [2.75, 3.05) is 7.05 Å². The van der Waals surface area contributed by atoms with Gasteiger partial charge in [0.05, 0.1) is 0 Å². The zero-order valence-corrected chi connectivity index (χ0v) is 23.9. The lowest BCUT2D eigenvalue weighted by Crippen LogP contribution is -2.43. The molecule has 0 bridgehead atoms. The first kappa shape index (κ1) is 26.7. The van der Waals surface area contributed by atoms with Crippen molar-refractivity contribution in [2.24, 2.45) is 10.8 Å². The molecule has 0 fully saturated rings. The van der Waals surface area contributed by atoms with E-state index in [0.29, 0.717) is 47.4 Å². The van der Waals surface area contributed by atoms with Gasteiger partial charge in [0.2, 0.25) is 0 Å². The van der Waals surface area contributed by atoms with Crippen molar-refractivity contribution in [2.45, 2.75) is 64.2 Å². The summed E-state index contributed by atoms with van der Waals surface area (Å²) < 4.78 is 32.1. The quantitative estimate of drug-likeness (QED) is 0.406. The molecule has 0 radical (unpaired) electrons. The van der Waals surface area contributed by atoms with E-state index in [0.717, 1.165) is 11.4 Å². The molecule has 5 rings (SSSR count). The van der Waals surface area contributed by atoms with Gasteiger partial charge in [0.1, 0.15) is 10.6 Å². The van der Waals surface area contributed by atoms with E-state index in [-0.39, 0.29) is 33.0 Å². The number of carbonyl (C=O) groups excluding carboxylic acids is 2. The molecule has 2 aromatic rings. The molecule has 6 nitrogen and oxygen atoms in total. The van der Waals surface area contributed by atoms with Crippen LogP contribution in [0.3, 0.4) is 0 Å². The number of hydrogen-bond acceptors (Lipinski definition) is 6. The number of benzene rings is 2. The largest absolute Gasteiger partial charge is 0.379 e. The lowest BCUT2D eigenvalue weighted by molar-refractivity contribution is -0.119. The molecule has 1 heterocycles. The van der Waals surface area contributed by atoms with E-state index >= 15 is 0 Å². The standard InChI is InChI=1S/C30H32ClNO5S/c1-29(2)14-21-27(23(33)16-29)26(28-22(32(21)5)15-30(3,4)17-24(28)34)20-13-18(31)11-12-25(20)37-38(35,36)19-9-7-6-8-10-19/h6-13,26H,14-17H2,1-5H3. The van der Waals surface area contributed by atoms with Crippen LogP contribution in [0.15, 0.2) is 76.0 Å². The molecule has 2 aromatic carbocycles. The minimum atomic E-state index is -4.18. The highest BCUT2D eigenvalue weighted by atomic mass is 35.5. The van der Waals surface area contributed by atoms with Crippen LogP contribution in [0.2, 0.25) is 5.02 Å². The normalized spacial score (nSPS) is 21.4. The maximum absolute atomic E-state index is 13.8. The maximum atomic E-state index is 13.8. The minimum Gasteiger partial charge on any atom is -0.379 e. The molecule has 8 heteroatoms. The van der Waals surface area contributed by atoms with E-state index in [1.807, 2.05) is 11.9 Å². The van der Waals surface area contributed by atoms with Crippen molar-refractivity contribution in [3.8, 4) is 5.75 Å². The molecule has 0 unspecified atom stereocenters. The minimum absolute atomic E-state index is 0.00933. The van der Waals surface area contributed by atoms with Crippen LogP contribution in [0, 0.1) is 10.8 Å². The summed E-state index contributed by atoms with van der Waals surface area (Å²) in [6.07, 6.45) is 1.98. The molecule has 0 saturated carbocycles. The Morgan fingerprint density at radius 1 is 0.842 bits per heavy atom. The average Bonchev–Trinajstić information content (AvgIpc) is 2.81. The highest BCUT2D eigenvalue weighted by Crippen LogP contribution is 2.55. The molecule has 38 heavy (non-hydrogen) atoms. The summed E-state index contributed by atoms with van der Waals surface area (Å²) in [5.74, 6) is -0.798. The Labute approximate surface area is 229 Å². The van der Waals surface area contributed by atoms with Crippen molar-refractivity contribution in [1.82, 2.24) is 4.90 Å². The monoisotopic (exact) mass is 553 g/mol. The van der Waals surface area contributed by atoms with Crippen molar-refractivity contribution in [3.05, 3.63) is 81.7 Å². The fraction of sp³-hybridized carbons (Fsp3) is 0.400. The van der Waals surface area contributed by atoms with Gasteiger partial charge < -0.3 is 9.08 Å². The fourth-order valence-electron chi connectivity index (χ4n) is 6.05. The maximum Gasteiger partial charge on any atom is 0.339 e.